The summed E-state index contributed by atoms with van der Waals surface area (Å²) in [6.07, 6.45) is 0. The second-order valence-corrected chi connectivity index (χ2v) is 4.42. The van der Waals surface area contributed by atoms with E-state index in [9.17, 15) is 9.59 Å². The Morgan fingerprint density at radius 2 is 1.95 bits per heavy atom. The normalized spacial score (nSPS) is 10.3. The number of nitrogens with one attached hydrogen (secondary N) is 2. The van der Waals surface area contributed by atoms with Crippen molar-refractivity contribution in [1.29, 1.82) is 0 Å². The molecule has 0 atom stereocenters. The maximum Gasteiger partial charge on any atom is 0.308 e. The molecule has 0 saturated heterocycles. The van der Waals surface area contributed by atoms with Gasteiger partial charge in [-0.2, -0.15) is 5.10 Å². The van der Waals surface area contributed by atoms with Crippen LogP contribution < -0.4 is 10.9 Å². The van der Waals surface area contributed by atoms with E-state index in [1.807, 2.05) is 19.9 Å². The predicted molar refractivity (Wildman–Crippen MR) is 68.5 cm³/mol. The Kier molecular flexibility index (Phi) is 3.83. The average Bonchev–Trinajstić information content (AvgIpc) is 2.93. The third-order valence-electron chi connectivity index (χ3n) is 2.56. The summed E-state index contributed by atoms with van der Waals surface area (Å²) in [6.45, 7) is 5.41. The minimum Gasteiger partial charge on any atom is -0.351 e. The summed E-state index contributed by atoms with van der Waals surface area (Å²) >= 11 is 0. The van der Waals surface area contributed by atoms with Gasteiger partial charge in [-0.05, 0) is 26.8 Å². The summed E-state index contributed by atoms with van der Waals surface area (Å²) in [4.78, 5) is 23.3. The van der Waals surface area contributed by atoms with Gasteiger partial charge in [0, 0.05) is 11.8 Å². The molecule has 0 aliphatic carbocycles. The first-order chi connectivity index (χ1) is 9.45. The molecule has 0 aliphatic rings. The first-order valence-corrected chi connectivity index (χ1v) is 5.99. The van der Waals surface area contributed by atoms with Gasteiger partial charge in [-0.25, -0.2) is 0 Å². The minimum absolute atomic E-state index is 0.0232. The standard InChI is InChI=1S/C12H15N5O3/c1-7-4-9(3)17(15-7)6-11(18)13-14-12(19)10-5-8(2)16-20-10/h4-5H,6H2,1-3H3,(H,13,18)(H,14,19). The van der Waals surface area contributed by atoms with Gasteiger partial charge in [0.25, 0.3) is 5.91 Å². The quantitative estimate of drug-likeness (QED) is 0.783. The number of carbonyl (C=O) groups is 2. The Bertz CT molecular complexity index is 643. The van der Waals surface area contributed by atoms with Crippen LogP contribution in [0.1, 0.15) is 27.6 Å². The molecule has 2 amide bonds. The number of hydrogen-bond acceptors (Lipinski definition) is 5. The molecule has 8 nitrogen and oxygen atoms in total. The molecule has 2 N–H and O–H groups in total. The van der Waals surface area contributed by atoms with E-state index in [-0.39, 0.29) is 18.2 Å². The number of rotatable bonds is 3. The predicted octanol–water partition coefficient (Wildman–Crippen LogP) is 0.258. The van der Waals surface area contributed by atoms with Crippen LogP contribution >= 0.6 is 0 Å². The summed E-state index contributed by atoms with van der Waals surface area (Å²) in [7, 11) is 0. The van der Waals surface area contributed by atoms with Crippen molar-refractivity contribution in [3.63, 3.8) is 0 Å². The second-order valence-electron chi connectivity index (χ2n) is 4.42. The van der Waals surface area contributed by atoms with Crippen LogP contribution in [0.2, 0.25) is 0 Å². The Hall–Kier alpha value is -2.64. The van der Waals surface area contributed by atoms with Crippen LogP contribution in [-0.4, -0.2) is 26.8 Å². The van der Waals surface area contributed by atoms with E-state index in [0.29, 0.717) is 5.69 Å². The lowest BCUT2D eigenvalue weighted by Gasteiger charge is -2.06. The van der Waals surface area contributed by atoms with Crippen LogP contribution in [0.15, 0.2) is 16.7 Å². The van der Waals surface area contributed by atoms with Crippen LogP contribution in [-0.2, 0) is 11.3 Å². The first-order valence-electron chi connectivity index (χ1n) is 5.99. The van der Waals surface area contributed by atoms with E-state index in [2.05, 4.69) is 21.1 Å². The largest absolute Gasteiger partial charge is 0.351 e. The van der Waals surface area contributed by atoms with Crippen LogP contribution in [0.4, 0.5) is 0 Å². The van der Waals surface area contributed by atoms with Gasteiger partial charge in [-0.1, -0.05) is 5.16 Å². The highest BCUT2D eigenvalue weighted by Crippen LogP contribution is 2.02. The van der Waals surface area contributed by atoms with Crippen LogP contribution in [0.5, 0.6) is 0 Å². The van der Waals surface area contributed by atoms with Gasteiger partial charge in [0.2, 0.25) is 5.76 Å². The molecule has 0 aromatic carbocycles. The number of amides is 2. The molecule has 106 valence electrons. The Morgan fingerprint density at radius 1 is 1.20 bits per heavy atom. The lowest BCUT2D eigenvalue weighted by Crippen LogP contribution is -2.43. The van der Waals surface area contributed by atoms with E-state index in [1.165, 1.54) is 6.07 Å². The molecule has 0 fully saturated rings. The number of carbonyl (C=O) groups excluding carboxylic acids is 2. The zero-order valence-corrected chi connectivity index (χ0v) is 11.4. The number of aryl methyl sites for hydroxylation is 3. The molecule has 2 aromatic rings. The third kappa shape index (κ3) is 3.22. The fourth-order valence-corrected chi connectivity index (χ4v) is 1.67. The molecule has 8 heteroatoms. The lowest BCUT2D eigenvalue weighted by atomic mass is 10.4. The zero-order valence-electron chi connectivity index (χ0n) is 11.4. The number of nitrogens with zero attached hydrogens (tertiary/aromatic N) is 3. The highest BCUT2D eigenvalue weighted by atomic mass is 16.5. The molecule has 0 unspecified atom stereocenters. The Morgan fingerprint density at radius 3 is 2.50 bits per heavy atom. The van der Waals surface area contributed by atoms with Crippen LogP contribution in [0.3, 0.4) is 0 Å². The average molecular weight is 277 g/mol. The molecule has 0 saturated carbocycles. The van der Waals surface area contributed by atoms with E-state index in [4.69, 9.17) is 4.52 Å². The van der Waals surface area contributed by atoms with Gasteiger partial charge in [0.1, 0.15) is 6.54 Å². The van der Waals surface area contributed by atoms with E-state index < -0.39 is 5.91 Å². The van der Waals surface area contributed by atoms with E-state index in [0.717, 1.165) is 11.4 Å². The van der Waals surface area contributed by atoms with Crippen molar-refractivity contribution in [3.8, 4) is 0 Å². The van der Waals surface area contributed by atoms with Crippen molar-refractivity contribution >= 4 is 11.8 Å². The highest BCUT2D eigenvalue weighted by Gasteiger charge is 2.13. The molecule has 0 aliphatic heterocycles. The van der Waals surface area contributed by atoms with Gasteiger partial charge in [-0.15, -0.1) is 0 Å². The summed E-state index contributed by atoms with van der Waals surface area (Å²) in [5, 5.41) is 7.74. The van der Waals surface area contributed by atoms with Gasteiger partial charge in [0.05, 0.1) is 11.4 Å². The van der Waals surface area contributed by atoms with Crippen molar-refractivity contribution in [2.75, 3.05) is 0 Å². The highest BCUT2D eigenvalue weighted by molar-refractivity contribution is 5.92. The molecule has 20 heavy (non-hydrogen) atoms. The third-order valence-corrected chi connectivity index (χ3v) is 2.56. The second kappa shape index (κ2) is 5.55. The smallest absolute Gasteiger partial charge is 0.308 e. The van der Waals surface area contributed by atoms with Gasteiger partial charge < -0.3 is 4.52 Å². The molecule has 2 aromatic heterocycles. The molecule has 0 radical (unpaired) electrons. The topological polar surface area (TPSA) is 102 Å². The summed E-state index contributed by atoms with van der Waals surface area (Å²) in [5.74, 6) is -0.915. The van der Waals surface area contributed by atoms with Gasteiger partial charge in [0.15, 0.2) is 0 Å². The monoisotopic (exact) mass is 277 g/mol. The Labute approximate surface area is 115 Å². The molecular weight excluding hydrogens is 262 g/mol. The molecule has 0 bridgehead atoms. The van der Waals surface area contributed by atoms with Gasteiger partial charge >= 0.3 is 5.91 Å². The molecule has 2 rings (SSSR count). The van der Waals surface area contributed by atoms with Crippen molar-refractivity contribution in [3.05, 3.63) is 35.0 Å². The molecular formula is C12H15N5O3. The minimum atomic E-state index is -0.563. The molecule has 0 spiro atoms. The fraction of sp³-hybridized carbons (Fsp3) is 0.333. The number of hydrogen-bond donors (Lipinski definition) is 2. The first kappa shape index (κ1) is 13.8. The summed E-state index contributed by atoms with van der Waals surface area (Å²) in [6, 6.07) is 3.34. The zero-order chi connectivity index (χ0) is 14.7. The Balaban J connectivity index is 1.86. The lowest BCUT2D eigenvalue weighted by molar-refractivity contribution is -0.122. The maximum absolute atomic E-state index is 11.7. The van der Waals surface area contributed by atoms with E-state index in [1.54, 1.807) is 11.6 Å². The fourth-order valence-electron chi connectivity index (χ4n) is 1.67. The SMILES string of the molecule is Cc1cc(C(=O)NNC(=O)Cn2nc(C)cc2C)on1. The van der Waals surface area contributed by atoms with Crippen molar-refractivity contribution in [2.24, 2.45) is 0 Å². The summed E-state index contributed by atoms with van der Waals surface area (Å²) < 4.78 is 6.32. The van der Waals surface area contributed by atoms with Gasteiger partial charge in [-0.3, -0.25) is 25.1 Å². The molecule has 2 heterocycles. The van der Waals surface area contributed by atoms with Crippen LogP contribution in [0, 0.1) is 20.8 Å². The van der Waals surface area contributed by atoms with Crippen LogP contribution in [0.25, 0.3) is 0 Å². The van der Waals surface area contributed by atoms with Crippen molar-refractivity contribution in [2.45, 2.75) is 27.3 Å². The summed E-state index contributed by atoms with van der Waals surface area (Å²) in [5.41, 5.74) is 6.82. The van der Waals surface area contributed by atoms with E-state index >= 15 is 0 Å². The maximum atomic E-state index is 11.7. The number of hydrazine groups is 1. The van der Waals surface area contributed by atoms with Crippen molar-refractivity contribution < 1.29 is 14.1 Å². The number of aromatic nitrogens is 3. The van der Waals surface area contributed by atoms with Crippen molar-refractivity contribution in [1.82, 2.24) is 25.8 Å².